The fourth-order valence-corrected chi connectivity index (χ4v) is 2.34. The van der Waals surface area contributed by atoms with Crippen molar-refractivity contribution in [1.82, 2.24) is 4.98 Å². The standard InChI is InChI=1S/C12H17N3O/c13-7-9-3-1-5-11(9)12(16)15-10-4-2-6-14-8-10/h2,4,6,8-9,11H,1,3,5,7,13H2,(H,15,16)/t9-,11-/m1/s1. The molecule has 1 aliphatic rings. The number of hydrogen-bond acceptors (Lipinski definition) is 3. The number of hydrogen-bond donors (Lipinski definition) is 2. The molecular formula is C12H17N3O. The van der Waals surface area contributed by atoms with Crippen LogP contribution in [0.4, 0.5) is 5.69 Å². The van der Waals surface area contributed by atoms with Gasteiger partial charge in [-0.25, -0.2) is 0 Å². The topological polar surface area (TPSA) is 68.0 Å². The molecule has 86 valence electrons. The lowest BCUT2D eigenvalue weighted by Gasteiger charge is -2.17. The van der Waals surface area contributed by atoms with E-state index in [0.717, 1.165) is 24.9 Å². The van der Waals surface area contributed by atoms with Crippen LogP contribution in [-0.2, 0) is 4.79 Å². The van der Waals surface area contributed by atoms with E-state index in [1.807, 2.05) is 12.1 Å². The lowest BCUT2D eigenvalue weighted by Crippen LogP contribution is -2.29. The Kier molecular flexibility index (Phi) is 3.51. The Morgan fingerprint density at radius 2 is 2.44 bits per heavy atom. The Morgan fingerprint density at radius 1 is 1.56 bits per heavy atom. The summed E-state index contributed by atoms with van der Waals surface area (Å²) in [6, 6.07) is 3.65. The highest BCUT2D eigenvalue weighted by molar-refractivity contribution is 5.92. The zero-order valence-electron chi connectivity index (χ0n) is 9.23. The van der Waals surface area contributed by atoms with Crippen molar-refractivity contribution in [2.75, 3.05) is 11.9 Å². The normalized spacial score (nSPS) is 24.3. The molecule has 0 spiro atoms. The Balaban J connectivity index is 1.98. The molecule has 0 bridgehead atoms. The molecule has 4 nitrogen and oxygen atoms in total. The third kappa shape index (κ3) is 2.39. The predicted octanol–water partition coefficient (Wildman–Crippen LogP) is 1.40. The van der Waals surface area contributed by atoms with Crippen LogP contribution in [0.3, 0.4) is 0 Å². The van der Waals surface area contributed by atoms with Crippen LogP contribution < -0.4 is 11.1 Å². The maximum absolute atomic E-state index is 12.0. The number of carbonyl (C=O) groups is 1. The Hall–Kier alpha value is -1.42. The van der Waals surface area contributed by atoms with Gasteiger partial charge in [0.05, 0.1) is 11.9 Å². The minimum atomic E-state index is 0.0743. The van der Waals surface area contributed by atoms with Crippen molar-refractivity contribution in [2.45, 2.75) is 19.3 Å². The highest BCUT2D eigenvalue weighted by atomic mass is 16.1. The van der Waals surface area contributed by atoms with Crippen LogP contribution in [0.1, 0.15) is 19.3 Å². The summed E-state index contributed by atoms with van der Waals surface area (Å²) >= 11 is 0. The van der Waals surface area contributed by atoms with Crippen LogP contribution in [0.5, 0.6) is 0 Å². The molecule has 1 aromatic heterocycles. The highest BCUT2D eigenvalue weighted by Crippen LogP contribution is 2.31. The van der Waals surface area contributed by atoms with Crippen molar-refractivity contribution in [3.63, 3.8) is 0 Å². The maximum atomic E-state index is 12.0. The molecule has 0 saturated heterocycles. The molecular weight excluding hydrogens is 202 g/mol. The summed E-state index contributed by atoms with van der Waals surface area (Å²) < 4.78 is 0. The van der Waals surface area contributed by atoms with Gasteiger partial charge in [-0.1, -0.05) is 6.42 Å². The summed E-state index contributed by atoms with van der Waals surface area (Å²) in [5.41, 5.74) is 6.42. The monoisotopic (exact) mass is 219 g/mol. The molecule has 3 N–H and O–H groups in total. The number of pyridine rings is 1. The lowest BCUT2D eigenvalue weighted by atomic mass is 9.95. The second kappa shape index (κ2) is 5.07. The minimum Gasteiger partial charge on any atom is -0.330 e. The van der Waals surface area contributed by atoms with Crippen molar-refractivity contribution >= 4 is 11.6 Å². The molecule has 2 atom stereocenters. The molecule has 1 amide bonds. The molecule has 0 aromatic carbocycles. The number of anilines is 1. The van der Waals surface area contributed by atoms with E-state index in [1.54, 1.807) is 12.4 Å². The van der Waals surface area contributed by atoms with Gasteiger partial charge in [-0.15, -0.1) is 0 Å². The maximum Gasteiger partial charge on any atom is 0.227 e. The predicted molar refractivity (Wildman–Crippen MR) is 62.8 cm³/mol. The Morgan fingerprint density at radius 3 is 3.12 bits per heavy atom. The average molecular weight is 219 g/mol. The van der Waals surface area contributed by atoms with Gasteiger partial charge in [0.15, 0.2) is 0 Å². The molecule has 0 unspecified atom stereocenters. The zero-order valence-corrected chi connectivity index (χ0v) is 9.23. The largest absolute Gasteiger partial charge is 0.330 e. The summed E-state index contributed by atoms with van der Waals surface area (Å²) in [5.74, 6) is 0.503. The van der Waals surface area contributed by atoms with E-state index in [1.165, 1.54) is 0 Å². The Labute approximate surface area is 95.3 Å². The smallest absolute Gasteiger partial charge is 0.227 e. The molecule has 0 radical (unpaired) electrons. The molecule has 16 heavy (non-hydrogen) atoms. The quantitative estimate of drug-likeness (QED) is 0.807. The first-order chi connectivity index (χ1) is 7.81. The van der Waals surface area contributed by atoms with E-state index in [2.05, 4.69) is 10.3 Å². The first-order valence-corrected chi connectivity index (χ1v) is 5.72. The van der Waals surface area contributed by atoms with E-state index in [0.29, 0.717) is 12.5 Å². The van der Waals surface area contributed by atoms with E-state index in [-0.39, 0.29) is 11.8 Å². The molecule has 1 aromatic rings. The molecule has 1 saturated carbocycles. The number of amides is 1. The van der Waals surface area contributed by atoms with E-state index >= 15 is 0 Å². The molecule has 1 fully saturated rings. The van der Waals surface area contributed by atoms with Gasteiger partial charge in [0.25, 0.3) is 0 Å². The number of nitrogens with one attached hydrogen (secondary N) is 1. The first-order valence-electron chi connectivity index (χ1n) is 5.72. The molecule has 4 heteroatoms. The van der Waals surface area contributed by atoms with Gasteiger partial charge in [0.1, 0.15) is 0 Å². The third-order valence-electron chi connectivity index (χ3n) is 3.23. The molecule has 1 aliphatic carbocycles. The van der Waals surface area contributed by atoms with Gasteiger partial charge in [0, 0.05) is 12.1 Å². The van der Waals surface area contributed by atoms with Crippen LogP contribution in [0.25, 0.3) is 0 Å². The highest BCUT2D eigenvalue weighted by Gasteiger charge is 2.31. The average Bonchev–Trinajstić information content (AvgIpc) is 2.78. The lowest BCUT2D eigenvalue weighted by molar-refractivity contribution is -0.120. The van der Waals surface area contributed by atoms with Crippen LogP contribution in [0.15, 0.2) is 24.5 Å². The fraction of sp³-hybridized carbons (Fsp3) is 0.500. The molecule has 0 aliphatic heterocycles. The summed E-state index contributed by atoms with van der Waals surface area (Å²) in [5, 5.41) is 2.89. The van der Waals surface area contributed by atoms with Crippen molar-refractivity contribution in [1.29, 1.82) is 0 Å². The minimum absolute atomic E-state index is 0.0743. The van der Waals surface area contributed by atoms with Gasteiger partial charge < -0.3 is 11.1 Å². The van der Waals surface area contributed by atoms with Crippen LogP contribution in [0.2, 0.25) is 0 Å². The number of rotatable bonds is 3. The van der Waals surface area contributed by atoms with Crippen molar-refractivity contribution in [3.8, 4) is 0 Å². The number of carbonyl (C=O) groups excluding carboxylic acids is 1. The van der Waals surface area contributed by atoms with E-state index < -0.39 is 0 Å². The number of aromatic nitrogens is 1. The second-order valence-electron chi connectivity index (χ2n) is 4.26. The van der Waals surface area contributed by atoms with Crippen molar-refractivity contribution < 1.29 is 4.79 Å². The number of nitrogens with two attached hydrogens (primary N) is 1. The molecule has 2 rings (SSSR count). The van der Waals surface area contributed by atoms with Gasteiger partial charge in [-0.3, -0.25) is 9.78 Å². The zero-order chi connectivity index (χ0) is 11.4. The van der Waals surface area contributed by atoms with Crippen LogP contribution in [0, 0.1) is 11.8 Å². The van der Waals surface area contributed by atoms with E-state index in [4.69, 9.17) is 5.73 Å². The van der Waals surface area contributed by atoms with Crippen molar-refractivity contribution in [2.24, 2.45) is 17.6 Å². The Bertz CT molecular complexity index is 353. The van der Waals surface area contributed by atoms with Gasteiger partial charge >= 0.3 is 0 Å². The second-order valence-corrected chi connectivity index (χ2v) is 4.26. The summed E-state index contributed by atoms with van der Waals surface area (Å²) in [6.45, 7) is 0.602. The third-order valence-corrected chi connectivity index (χ3v) is 3.23. The van der Waals surface area contributed by atoms with Crippen LogP contribution >= 0.6 is 0 Å². The number of nitrogens with zero attached hydrogens (tertiary/aromatic N) is 1. The van der Waals surface area contributed by atoms with Crippen LogP contribution in [-0.4, -0.2) is 17.4 Å². The van der Waals surface area contributed by atoms with Gasteiger partial charge in [0.2, 0.25) is 5.91 Å². The fourth-order valence-electron chi connectivity index (χ4n) is 2.34. The summed E-state index contributed by atoms with van der Waals surface area (Å²) in [4.78, 5) is 16.0. The summed E-state index contributed by atoms with van der Waals surface area (Å²) in [6.07, 6.45) is 6.47. The van der Waals surface area contributed by atoms with E-state index in [9.17, 15) is 4.79 Å². The van der Waals surface area contributed by atoms with Crippen molar-refractivity contribution in [3.05, 3.63) is 24.5 Å². The molecule has 1 heterocycles. The first kappa shape index (κ1) is 11.1. The van der Waals surface area contributed by atoms with Gasteiger partial charge in [-0.2, -0.15) is 0 Å². The summed E-state index contributed by atoms with van der Waals surface area (Å²) in [7, 11) is 0. The van der Waals surface area contributed by atoms with Gasteiger partial charge in [-0.05, 0) is 37.4 Å². The SMILES string of the molecule is NC[C@H]1CCC[C@H]1C(=O)Nc1cccnc1.